The number of nitrogen functional groups attached to an aromatic ring is 1. The van der Waals surface area contributed by atoms with Gasteiger partial charge in [0.05, 0.1) is 0 Å². The predicted molar refractivity (Wildman–Crippen MR) is 55.6 cm³/mol. The summed E-state index contributed by atoms with van der Waals surface area (Å²) in [4.78, 5) is 19.3. The molecule has 0 radical (unpaired) electrons. The molecule has 7 heteroatoms. The van der Waals surface area contributed by atoms with Crippen molar-refractivity contribution in [2.75, 3.05) is 11.1 Å². The van der Waals surface area contributed by atoms with E-state index in [0.29, 0.717) is 5.82 Å². The van der Waals surface area contributed by atoms with Gasteiger partial charge in [0.1, 0.15) is 11.5 Å². The predicted octanol–water partition coefficient (Wildman–Crippen LogP) is 0.608. The van der Waals surface area contributed by atoms with E-state index in [0.717, 1.165) is 0 Å². The number of pyridine rings is 1. The molecule has 2 aromatic rings. The molecule has 16 heavy (non-hydrogen) atoms. The zero-order valence-corrected chi connectivity index (χ0v) is 8.47. The number of hydrogen-bond acceptors (Lipinski definition) is 6. The Balaban J connectivity index is 2.14. The fraction of sp³-hybridized carbons (Fsp3) is 0.111. The average molecular weight is 219 g/mol. The molecule has 2 heterocycles. The van der Waals surface area contributed by atoms with Gasteiger partial charge in [-0.15, -0.1) is 0 Å². The number of rotatable bonds is 2. The Kier molecular flexibility index (Phi) is 2.50. The second-order valence-electron chi connectivity index (χ2n) is 3.05. The van der Waals surface area contributed by atoms with Gasteiger partial charge in [-0.05, 0) is 19.1 Å². The van der Waals surface area contributed by atoms with Gasteiger partial charge in [-0.3, -0.25) is 10.1 Å². The van der Waals surface area contributed by atoms with Crippen molar-refractivity contribution in [2.45, 2.75) is 6.92 Å². The third-order valence-corrected chi connectivity index (χ3v) is 1.75. The highest BCUT2D eigenvalue weighted by Crippen LogP contribution is 2.06. The Morgan fingerprint density at radius 3 is 2.88 bits per heavy atom. The van der Waals surface area contributed by atoms with Crippen LogP contribution in [0.5, 0.6) is 0 Å². The van der Waals surface area contributed by atoms with Crippen LogP contribution in [0.2, 0.25) is 0 Å². The molecule has 2 rings (SSSR count). The summed E-state index contributed by atoms with van der Waals surface area (Å²) in [6.45, 7) is 1.65. The summed E-state index contributed by atoms with van der Waals surface area (Å²) in [5.74, 6) is 0.265. The van der Waals surface area contributed by atoms with Crippen molar-refractivity contribution in [1.29, 1.82) is 0 Å². The van der Waals surface area contributed by atoms with E-state index in [2.05, 4.69) is 20.4 Å². The summed E-state index contributed by atoms with van der Waals surface area (Å²) in [7, 11) is 0. The second kappa shape index (κ2) is 3.97. The highest BCUT2D eigenvalue weighted by Gasteiger charge is 2.11. The molecular formula is C9H9N5O2. The fourth-order valence-electron chi connectivity index (χ4n) is 1.09. The Labute approximate surface area is 90.7 Å². The lowest BCUT2D eigenvalue weighted by atomic mass is 10.3. The number of carbonyl (C=O) groups is 1. The van der Waals surface area contributed by atoms with Crippen LogP contribution in [0.4, 0.5) is 11.8 Å². The van der Waals surface area contributed by atoms with Gasteiger partial charge in [-0.2, -0.15) is 4.98 Å². The first kappa shape index (κ1) is 10.1. The lowest BCUT2D eigenvalue weighted by Gasteiger charge is -1.99. The van der Waals surface area contributed by atoms with E-state index >= 15 is 0 Å². The number of nitrogens with zero attached hydrogens (tertiary/aromatic N) is 3. The van der Waals surface area contributed by atoms with E-state index in [4.69, 9.17) is 10.3 Å². The Morgan fingerprint density at radius 2 is 2.25 bits per heavy atom. The first-order chi connectivity index (χ1) is 7.65. The number of aryl methyl sites for hydroxylation is 1. The molecule has 2 aromatic heterocycles. The van der Waals surface area contributed by atoms with E-state index in [1.165, 1.54) is 6.07 Å². The number of aromatic nitrogens is 3. The molecule has 0 atom stereocenters. The van der Waals surface area contributed by atoms with Crippen LogP contribution in [-0.2, 0) is 0 Å². The van der Waals surface area contributed by atoms with Gasteiger partial charge in [0, 0.05) is 0 Å². The van der Waals surface area contributed by atoms with Crippen molar-refractivity contribution < 1.29 is 9.32 Å². The molecule has 0 fully saturated rings. The summed E-state index contributed by atoms with van der Waals surface area (Å²) < 4.78 is 4.73. The maximum Gasteiger partial charge on any atom is 0.328 e. The lowest BCUT2D eigenvalue weighted by molar-refractivity contribution is 0.101. The number of hydrogen-bond donors (Lipinski definition) is 2. The standard InChI is InChI=1S/C9H9N5O2/c1-5-11-9(16-14-5)13-8(15)6-3-2-4-7(10)12-6/h2-4H,1H3,(H2,10,12)(H,11,13,14,15). The Bertz CT molecular complexity index is 522. The molecule has 3 N–H and O–H groups in total. The third kappa shape index (κ3) is 2.14. The summed E-state index contributed by atoms with van der Waals surface area (Å²) in [6, 6.07) is 4.80. The van der Waals surface area contributed by atoms with Crippen LogP contribution in [0.3, 0.4) is 0 Å². The van der Waals surface area contributed by atoms with Crippen molar-refractivity contribution in [3.05, 3.63) is 29.7 Å². The van der Waals surface area contributed by atoms with Gasteiger partial charge in [0.2, 0.25) is 0 Å². The molecule has 0 bridgehead atoms. The fourth-order valence-corrected chi connectivity index (χ4v) is 1.09. The smallest absolute Gasteiger partial charge is 0.328 e. The van der Waals surface area contributed by atoms with E-state index in [1.807, 2.05) is 0 Å². The maximum atomic E-state index is 11.6. The van der Waals surface area contributed by atoms with E-state index in [-0.39, 0.29) is 17.5 Å². The van der Waals surface area contributed by atoms with E-state index < -0.39 is 5.91 Å². The van der Waals surface area contributed by atoms with Crippen LogP contribution in [0.15, 0.2) is 22.7 Å². The van der Waals surface area contributed by atoms with E-state index in [9.17, 15) is 4.79 Å². The number of carbonyl (C=O) groups excluding carboxylic acids is 1. The minimum atomic E-state index is -0.448. The lowest BCUT2D eigenvalue weighted by Crippen LogP contribution is -2.14. The molecule has 0 aliphatic carbocycles. The van der Waals surface area contributed by atoms with Crippen LogP contribution in [0.25, 0.3) is 0 Å². The molecule has 0 aliphatic heterocycles. The molecule has 0 unspecified atom stereocenters. The Hall–Kier alpha value is -2.44. The van der Waals surface area contributed by atoms with Crippen LogP contribution >= 0.6 is 0 Å². The van der Waals surface area contributed by atoms with Gasteiger partial charge < -0.3 is 10.3 Å². The number of nitrogens with two attached hydrogens (primary N) is 1. The normalized spacial score (nSPS) is 10.1. The van der Waals surface area contributed by atoms with Crippen molar-refractivity contribution in [1.82, 2.24) is 15.1 Å². The number of amides is 1. The van der Waals surface area contributed by atoms with Crippen LogP contribution in [-0.4, -0.2) is 21.0 Å². The van der Waals surface area contributed by atoms with Crippen LogP contribution < -0.4 is 11.1 Å². The number of anilines is 2. The quantitative estimate of drug-likeness (QED) is 0.766. The Morgan fingerprint density at radius 1 is 1.44 bits per heavy atom. The summed E-state index contributed by atoms with van der Waals surface area (Å²) in [6.07, 6.45) is 0. The molecule has 7 nitrogen and oxygen atoms in total. The number of nitrogens with one attached hydrogen (secondary N) is 1. The summed E-state index contributed by atoms with van der Waals surface area (Å²) in [5.41, 5.74) is 5.64. The van der Waals surface area contributed by atoms with Gasteiger partial charge >= 0.3 is 6.01 Å². The highest BCUT2D eigenvalue weighted by molar-refractivity contribution is 6.01. The monoisotopic (exact) mass is 219 g/mol. The first-order valence-electron chi connectivity index (χ1n) is 4.49. The van der Waals surface area contributed by atoms with Crippen molar-refractivity contribution in [2.24, 2.45) is 0 Å². The first-order valence-corrected chi connectivity index (χ1v) is 4.49. The highest BCUT2D eigenvalue weighted by atomic mass is 16.5. The minimum absolute atomic E-state index is 0.0340. The molecule has 0 aromatic carbocycles. The summed E-state index contributed by atoms with van der Waals surface area (Å²) >= 11 is 0. The van der Waals surface area contributed by atoms with Crippen molar-refractivity contribution in [3.8, 4) is 0 Å². The average Bonchev–Trinajstić information content (AvgIpc) is 2.64. The maximum absolute atomic E-state index is 11.6. The van der Waals surface area contributed by atoms with Crippen molar-refractivity contribution in [3.63, 3.8) is 0 Å². The molecule has 0 saturated heterocycles. The zero-order valence-electron chi connectivity index (χ0n) is 8.47. The molecular weight excluding hydrogens is 210 g/mol. The molecule has 0 aliphatic rings. The summed E-state index contributed by atoms with van der Waals surface area (Å²) in [5, 5.41) is 5.94. The molecule has 82 valence electrons. The molecule has 0 saturated carbocycles. The van der Waals surface area contributed by atoms with Crippen molar-refractivity contribution >= 4 is 17.7 Å². The SMILES string of the molecule is Cc1noc(NC(=O)c2cccc(N)n2)n1. The second-order valence-corrected chi connectivity index (χ2v) is 3.05. The van der Waals surface area contributed by atoms with Gasteiger partial charge in [0.25, 0.3) is 5.91 Å². The van der Waals surface area contributed by atoms with E-state index in [1.54, 1.807) is 19.1 Å². The van der Waals surface area contributed by atoms with Gasteiger partial charge in [0.15, 0.2) is 5.82 Å². The topological polar surface area (TPSA) is 107 Å². The van der Waals surface area contributed by atoms with Crippen LogP contribution in [0.1, 0.15) is 16.3 Å². The third-order valence-electron chi connectivity index (χ3n) is 1.75. The van der Waals surface area contributed by atoms with Crippen LogP contribution in [0, 0.1) is 6.92 Å². The van der Waals surface area contributed by atoms with Gasteiger partial charge in [-0.25, -0.2) is 4.98 Å². The zero-order chi connectivity index (χ0) is 11.5. The largest absolute Gasteiger partial charge is 0.384 e. The molecule has 1 amide bonds. The minimum Gasteiger partial charge on any atom is -0.384 e. The molecule has 0 spiro atoms. The van der Waals surface area contributed by atoms with Gasteiger partial charge in [-0.1, -0.05) is 11.2 Å².